The summed E-state index contributed by atoms with van der Waals surface area (Å²) in [5.41, 5.74) is 1.23. The third-order valence-electron chi connectivity index (χ3n) is 3.47. The van der Waals surface area contributed by atoms with Crippen LogP contribution in [0.5, 0.6) is 11.5 Å². The van der Waals surface area contributed by atoms with Gasteiger partial charge in [0.2, 0.25) is 6.79 Å². The normalized spacial score (nSPS) is 17.0. The lowest BCUT2D eigenvalue weighted by molar-refractivity contribution is 0.0384. The Hall–Kier alpha value is -0.720. The van der Waals surface area contributed by atoms with Crippen molar-refractivity contribution in [1.29, 1.82) is 0 Å². The van der Waals surface area contributed by atoms with Gasteiger partial charge in [-0.2, -0.15) is 0 Å². The van der Waals surface area contributed by atoms with Gasteiger partial charge in [0.15, 0.2) is 11.5 Å². The van der Waals surface area contributed by atoms with E-state index < -0.39 is 0 Å². The van der Waals surface area contributed by atoms with Crippen LogP contribution in [-0.4, -0.2) is 51.1 Å². The second-order valence-corrected chi connectivity index (χ2v) is 4.82. The van der Waals surface area contributed by atoms with Crippen LogP contribution in [0.25, 0.3) is 0 Å². The standard InChI is InChI=1S/C14H20N2O3.2ClH/c1-2-13-14(19-11-18-13)9-12(1)10-15-3-4-16-5-7-17-8-6-16;;/h1-2,9,15H,3-8,10-11H2;2*1H. The summed E-state index contributed by atoms with van der Waals surface area (Å²) in [6.45, 7) is 7.09. The van der Waals surface area contributed by atoms with E-state index in [1.807, 2.05) is 12.1 Å². The predicted molar refractivity (Wildman–Crippen MR) is 86.0 cm³/mol. The first kappa shape index (κ1) is 18.3. The minimum absolute atomic E-state index is 0. The van der Waals surface area contributed by atoms with Gasteiger partial charge in [-0.3, -0.25) is 4.90 Å². The van der Waals surface area contributed by atoms with Crippen molar-refractivity contribution >= 4 is 24.8 Å². The van der Waals surface area contributed by atoms with Crippen molar-refractivity contribution in [3.63, 3.8) is 0 Å². The van der Waals surface area contributed by atoms with Gasteiger partial charge < -0.3 is 19.5 Å². The van der Waals surface area contributed by atoms with Crippen LogP contribution in [0.2, 0.25) is 0 Å². The fourth-order valence-corrected chi connectivity index (χ4v) is 2.35. The number of ether oxygens (including phenoxy) is 3. The molecule has 0 unspecified atom stereocenters. The van der Waals surface area contributed by atoms with Crippen LogP contribution in [0.3, 0.4) is 0 Å². The summed E-state index contributed by atoms with van der Waals surface area (Å²) < 4.78 is 16.0. The Balaban J connectivity index is 0.00000110. The van der Waals surface area contributed by atoms with Crippen molar-refractivity contribution in [2.75, 3.05) is 46.2 Å². The first-order valence-corrected chi connectivity index (χ1v) is 6.81. The van der Waals surface area contributed by atoms with Crippen LogP contribution in [0.1, 0.15) is 5.56 Å². The van der Waals surface area contributed by atoms with Gasteiger partial charge >= 0.3 is 0 Å². The second kappa shape index (κ2) is 9.33. The van der Waals surface area contributed by atoms with E-state index >= 15 is 0 Å². The number of hydrogen-bond donors (Lipinski definition) is 1. The average Bonchev–Trinajstić information content (AvgIpc) is 2.92. The SMILES string of the molecule is Cl.Cl.c1cc2c(cc1CNCCN1CCOCC1)OCO2. The lowest BCUT2D eigenvalue weighted by Gasteiger charge is -2.26. The van der Waals surface area contributed by atoms with Crippen molar-refractivity contribution < 1.29 is 14.2 Å². The summed E-state index contributed by atoms with van der Waals surface area (Å²) in [6, 6.07) is 6.10. The van der Waals surface area contributed by atoms with Crippen molar-refractivity contribution in [2.45, 2.75) is 6.54 Å². The molecule has 0 atom stereocenters. The molecule has 1 saturated heterocycles. The number of nitrogens with one attached hydrogen (secondary N) is 1. The number of nitrogens with zero attached hydrogens (tertiary/aromatic N) is 1. The summed E-state index contributed by atoms with van der Waals surface area (Å²) in [5, 5.41) is 3.46. The molecule has 0 spiro atoms. The van der Waals surface area contributed by atoms with Gasteiger partial charge in [0.05, 0.1) is 13.2 Å². The Labute approximate surface area is 137 Å². The van der Waals surface area contributed by atoms with Crippen molar-refractivity contribution in [1.82, 2.24) is 10.2 Å². The number of morpholine rings is 1. The van der Waals surface area contributed by atoms with Crippen LogP contribution in [0.15, 0.2) is 18.2 Å². The summed E-state index contributed by atoms with van der Waals surface area (Å²) >= 11 is 0. The van der Waals surface area contributed by atoms with E-state index in [1.165, 1.54) is 5.56 Å². The van der Waals surface area contributed by atoms with Crippen molar-refractivity contribution in [3.8, 4) is 11.5 Å². The Morgan fingerprint density at radius 1 is 1.05 bits per heavy atom. The average molecular weight is 337 g/mol. The van der Waals surface area contributed by atoms with E-state index in [9.17, 15) is 0 Å². The molecule has 1 aromatic rings. The van der Waals surface area contributed by atoms with Gasteiger partial charge in [-0.1, -0.05) is 6.07 Å². The molecule has 3 rings (SSSR count). The Kier molecular flexibility index (Phi) is 8.14. The van der Waals surface area contributed by atoms with Crippen LogP contribution in [-0.2, 0) is 11.3 Å². The largest absolute Gasteiger partial charge is 0.454 e. The molecular weight excluding hydrogens is 315 g/mol. The summed E-state index contributed by atoms with van der Waals surface area (Å²) in [7, 11) is 0. The van der Waals surface area contributed by atoms with E-state index in [1.54, 1.807) is 0 Å². The van der Waals surface area contributed by atoms with Gasteiger partial charge in [-0.05, 0) is 17.7 Å². The molecule has 120 valence electrons. The molecule has 0 amide bonds. The first-order valence-electron chi connectivity index (χ1n) is 6.81. The molecule has 0 radical (unpaired) electrons. The highest BCUT2D eigenvalue weighted by Crippen LogP contribution is 2.32. The molecule has 2 aliphatic heterocycles. The molecule has 2 heterocycles. The lowest BCUT2D eigenvalue weighted by atomic mass is 10.2. The molecule has 7 heteroatoms. The monoisotopic (exact) mass is 336 g/mol. The fraction of sp³-hybridized carbons (Fsp3) is 0.571. The van der Waals surface area contributed by atoms with E-state index in [0.29, 0.717) is 6.79 Å². The Morgan fingerprint density at radius 3 is 2.62 bits per heavy atom. The van der Waals surface area contributed by atoms with Crippen LogP contribution in [0.4, 0.5) is 0 Å². The van der Waals surface area contributed by atoms with Gasteiger partial charge in [-0.15, -0.1) is 24.8 Å². The van der Waals surface area contributed by atoms with Gasteiger partial charge in [0.1, 0.15) is 0 Å². The van der Waals surface area contributed by atoms with Gasteiger partial charge in [0, 0.05) is 32.7 Å². The molecule has 21 heavy (non-hydrogen) atoms. The highest BCUT2D eigenvalue weighted by Gasteiger charge is 2.13. The maximum absolute atomic E-state index is 5.37. The molecule has 1 aromatic carbocycles. The minimum Gasteiger partial charge on any atom is -0.454 e. The Morgan fingerprint density at radius 2 is 1.81 bits per heavy atom. The zero-order valence-electron chi connectivity index (χ0n) is 11.9. The number of halogens is 2. The minimum atomic E-state index is 0. The lowest BCUT2D eigenvalue weighted by Crippen LogP contribution is -2.40. The molecule has 5 nitrogen and oxygen atoms in total. The highest BCUT2D eigenvalue weighted by molar-refractivity contribution is 5.85. The van der Waals surface area contributed by atoms with Crippen LogP contribution in [0, 0.1) is 0 Å². The van der Waals surface area contributed by atoms with Crippen LogP contribution < -0.4 is 14.8 Å². The molecule has 1 N–H and O–H groups in total. The van der Waals surface area contributed by atoms with E-state index in [2.05, 4.69) is 16.3 Å². The van der Waals surface area contributed by atoms with E-state index in [0.717, 1.165) is 57.4 Å². The molecule has 2 aliphatic rings. The van der Waals surface area contributed by atoms with Gasteiger partial charge in [0.25, 0.3) is 0 Å². The smallest absolute Gasteiger partial charge is 0.231 e. The summed E-state index contributed by atoms with van der Waals surface area (Å²) in [5.74, 6) is 1.70. The number of hydrogen-bond acceptors (Lipinski definition) is 5. The molecule has 0 aliphatic carbocycles. The van der Waals surface area contributed by atoms with Crippen molar-refractivity contribution in [3.05, 3.63) is 23.8 Å². The molecule has 0 bridgehead atoms. The Bertz CT molecular complexity index is 429. The number of rotatable bonds is 5. The maximum atomic E-state index is 5.37. The van der Waals surface area contributed by atoms with E-state index in [4.69, 9.17) is 14.2 Å². The summed E-state index contributed by atoms with van der Waals surface area (Å²) in [6.07, 6.45) is 0. The second-order valence-electron chi connectivity index (χ2n) is 4.82. The zero-order chi connectivity index (χ0) is 12.9. The molecule has 1 fully saturated rings. The molecule has 0 aromatic heterocycles. The maximum Gasteiger partial charge on any atom is 0.231 e. The first-order chi connectivity index (χ1) is 9.42. The quantitative estimate of drug-likeness (QED) is 0.828. The summed E-state index contributed by atoms with van der Waals surface area (Å²) in [4.78, 5) is 2.43. The number of benzene rings is 1. The highest BCUT2D eigenvalue weighted by atomic mass is 35.5. The third kappa shape index (κ3) is 5.20. The zero-order valence-corrected chi connectivity index (χ0v) is 13.5. The van der Waals surface area contributed by atoms with Crippen LogP contribution >= 0.6 is 24.8 Å². The number of fused-ring (bicyclic) bond motifs is 1. The third-order valence-corrected chi connectivity index (χ3v) is 3.47. The topological polar surface area (TPSA) is 43.0 Å². The van der Waals surface area contributed by atoms with Crippen molar-refractivity contribution in [2.24, 2.45) is 0 Å². The fourth-order valence-electron chi connectivity index (χ4n) is 2.35. The molecule has 0 saturated carbocycles. The molecular formula is C14H22Cl2N2O3. The predicted octanol–water partition coefficient (Wildman–Crippen LogP) is 1.68. The van der Waals surface area contributed by atoms with Gasteiger partial charge in [-0.25, -0.2) is 0 Å². The van der Waals surface area contributed by atoms with E-state index in [-0.39, 0.29) is 24.8 Å².